The van der Waals surface area contributed by atoms with Crippen molar-refractivity contribution in [2.75, 3.05) is 0 Å². The molecule has 2 aromatic rings. The number of hydrogen-bond acceptors (Lipinski definition) is 3. The number of carbonyl (C=O) groups excluding carboxylic acids is 1. The number of phenols is 1. The summed E-state index contributed by atoms with van der Waals surface area (Å²) in [6, 6.07) is 9.93. The average Bonchev–Trinajstić information content (AvgIpc) is 2.55. The Balaban J connectivity index is 2.71. The molecule has 0 atom stereocenters. The zero-order chi connectivity index (χ0) is 18.8. The van der Waals surface area contributed by atoms with Crippen LogP contribution in [0.15, 0.2) is 43.0 Å². The summed E-state index contributed by atoms with van der Waals surface area (Å²) in [7, 11) is 0. The fourth-order valence-electron chi connectivity index (χ4n) is 3.20. The van der Waals surface area contributed by atoms with E-state index in [9.17, 15) is 9.90 Å². The van der Waals surface area contributed by atoms with E-state index in [0.717, 1.165) is 33.9 Å². The molecule has 0 aliphatic carbocycles. The third kappa shape index (κ3) is 3.93. The van der Waals surface area contributed by atoms with Crippen molar-refractivity contribution in [1.29, 1.82) is 0 Å². The van der Waals surface area contributed by atoms with Crippen LogP contribution in [0.1, 0.15) is 48.6 Å². The molecule has 0 aliphatic rings. The third-order valence-corrected chi connectivity index (χ3v) is 4.46. The maximum absolute atomic E-state index is 11.8. The lowest BCUT2D eigenvalue weighted by atomic mass is 9.79. The molecule has 3 nitrogen and oxygen atoms in total. The first-order chi connectivity index (χ1) is 11.7. The molecule has 2 aromatic carbocycles. The molecular weight excluding hydrogens is 312 g/mol. The van der Waals surface area contributed by atoms with Gasteiger partial charge in [-0.25, -0.2) is 4.79 Å². The molecule has 132 valence electrons. The van der Waals surface area contributed by atoms with Gasteiger partial charge in [-0.1, -0.05) is 57.7 Å². The molecule has 0 aromatic heterocycles. The molecule has 0 fully saturated rings. The molecule has 0 unspecified atom stereocenters. The number of hydrogen-bond donors (Lipinski definition) is 1. The van der Waals surface area contributed by atoms with Crippen LogP contribution in [0.4, 0.5) is 0 Å². The molecule has 2 rings (SSSR count). The number of phenolic OH excluding ortho intramolecular Hbond substituents is 1. The van der Waals surface area contributed by atoms with E-state index in [4.69, 9.17) is 4.74 Å². The second-order valence-corrected chi connectivity index (χ2v) is 7.32. The van der Waals surface area contributed by atoms with Gasteiger partial charge in [0.25, 0.3) is 0 Å². The van der Waals surface area contributed by atoms with Crippen LogP contribution >= 0.6 is 0 Å². The molecule has 0 saturated carbocycles. The number of ether oxygens (including phenoxy) is 1. The van der Waals surface area contributed by atoms with Crippen molar-refractivity contribution in [2.45, 2.75) is 46.5 Å². The van der Waals surface area contributed by atoms with Crippen molar-refractivity contribution in [2.24, 2.45) is 0 Å². The molecule has 3 heteroatoms. The van der Waals surface area contributed by atoms with E-state index < -0.39 is 5.97 Å². The van der Waals surface area contributed by atoms with Crippen LogP contribution in [0.3, 0.4) is 0 Å². The standard InChI is InChI=1S/C22H26O3/c1-7-18(23)25-21-17(13-16-11-9-8-10-12-16)14(2)15(3)19(20(21)24)22(4,5)6/h7-12,24H,1,13H2,2-6H3. The van der Waals surface area contributed by atoms with Crippen molar-refractivity contribution in [3.05, 3.63) is 70.8 Å². The molecule has 0 saturated heterocycles. The molecule has 0 amide bonds. The average molecular weight is 338 g/mol. The number of esters is 1. The van der Waals surface area contributed by atoms with E-state index >= 15 is 0 Å². The summed E-state index contributed by atoms with van der Waals surface area (Å²) >= 11 is 0. The summed E-state index contributed by atoms with van der Waals surface area (Å²) in [5.41, 5.74) is 4.48. The van der Waals surface area contributed by atoms with Gasteiger partial charge in [-0.15, -0.1) is 0 Å². The van der Waals surface area contributed by atoms with Crippen molar-refractivity contribution in [3.63, 3.8) is 0 Å². The highest BCUT2D eigenvalue weighted by atomic mass is 16.5. The van der Waals surface area contributed by atoms with Crippen LogP contribution in [0, 0.1) is 13.8 Å². The van der Waals surface area contributed by atoms with Crippen molar-refractivity contribution < 1.29 is 14.6 Å². The Bertz CT molecular complexity index is 797. The van der Waals surface area contributed by atoms with Gasteiger partial charge in [0.2, 0.25) is 0 Å². The van der Waals surface area contributed by atoms with Gasteiger partial charge in [0.1, 0.15) is 0 Å². The van der Waals surface area contributed by atoms with E-state index in [0.29, 0.717) is 6.42 Å². The highest BCUT2D eigenvalue weighted by molar-refractivity contribution is 5.84. The zero-order valence-electron chi connectivity index (χ0n) is 15.6. The predicted octanol–water partition coefficient (Wildman–Crippen LogP) is 4.99. The normalized spacial score (nSPS) is 11.2. The van der Waals surface area contributed by atoms with Gasteiger partial charge >= 0.3 is 5.97 Å². The predicted molar refractivity (Wildman–Crippen MR) is 101 cm³/mol. The van der Waals surface area contributed by atoms with Crippen LogP contribution in [0.2, 0.25) is 0 Å². The Morgan fingerprint density at radius 1 is 1.16 bits per heavy atom. The molecule has 0 bridgehead atoms. The summed E-state index contributed by atoms with van der Waals surface area (Å²) in [5, 5.41) is 10.9. The summed E-state index contributed by atoms with van der Waals surface area (Å²) in [6.45, 7) is 13.6. The lowest BCUT2D eigenvalue weighted by molar-refractivity contribution is -0.129. The Morgan fingerprint density at radius 2 is 1.76 bits per heavy atom. The summed E-state index contributed by atoms with van der Waals surface area (Å²) in [6.07, 6.45) is 1.68. The molecule has 0 spiro atoms. The first kappa shape index (κ1) is 18.8. The summed E-state index contributed by atoms with van der Waals surface area (Å²) in [4.78, 5) is 11.8. The summed E-state index contributed by atoms with van der Waals surface area (Å²) in [5.74, 6) is -0.300. The van der Waals surface area contributed by atoms with Crippen LogP contribution in [-0.2, 0) is 16.6 Å². The number of carbonyl (C=O) groups is 1. The lowest BCUT2D eigenvalue weighted by Gasteiger charge is -2.27. The lowest BCUT2D eigenvalue weighted by Crippen LogP contribution is -2.17. The van der Waals surface area contributed by atoms with E-state index in [2.05, 4.69) is 6.58 Å². The second kappa shape index (κ2) is 7.14. The van der Waals surface area contributed by atoms with Gasteiger partial charge in [0, 0.05) is 23.6 Å². The smallest absolute Gasteiger partial charge is 0.335 e. The molecule has 1 N–H and O–H groups in total. The molecule has 0 radical (unpaired) electrons. The SMILES string of the molecule is C=CC(=O)Oc1c(O)c(C(C)(C)C)c(C)c(C)c1Cc1ccccc1. The quantitative estimate of drug-likeness (QED) is 0.485. The van der Waals surface area contributed by atoms with Gasteiger partial charge in [-0.05, 0) is 36.0 Å². The fraction of sp³-hybridized carbons (Fsp3) is 0.318. The fourth-order valence-corrected chi connectivity index (χ4v) is 3.20. The minimum absolute atomic E-state index is 0.0386. The Labute approximate surface area is 150 Å². The van der Waals surface area contributed by atoms with E-state index in [-0.39, 0.29) is 16.9 Å². The number of benzene rings is 2. The minimum Gasteiger partial charge on any atom is -0.504 e. The topological polar surface area (TPSA) is 46.5 Å². The molecule has 0 aliphatic heterocycles. The Hall–Kier alpha value is -2.55. The van der Waals surface area contributed by atoms with Gasteiger partial charge in [-0.2, -0.15) is 0 Å². The maximum atomic E-state index is 11.8. The van der Waals surface area contributed by atoms with Crippen molar-refractivity contribution in [3.8, 4) is 11.5 Å². The van der Waals surface area contributed by atoms with Crippen LogP contribution in [0.25, 0.3) is 0 Å². The number of aromatic hydroxyl groups is 1. The first-order valence-electron chi connectivity index (χ1n) is 8.40. The largest absolute Gasteiger partial charge is 0.504 e. The van der Waals surface area contributed by atoms with E-state index in [1.165, 1.54) is 0 Å². The van der Waals surface area contributed by atoms with Gasteiger partial charge < -0.3 is 9.84 Å². The Kier molecular flexibility index (Phi) is 5.36. The van der Waals surface area contributed by atoms with Crippen LogP contribution in [-0.4, -0.2) is 11.1 Å². The van der Waals surface area contributed by atoms with Crippen LogP contribution in [0.5, 0.6) is 11.5 Å². The maximum Gasteiger partial charge on any atom is 0.335 e. The van der Waals surface area contributed by atoms with E-state index in [1.807, 2.05) is 65.0 Å². The number of rotatable bonds is 4. The van der Waals surface area contributed by atoms with Gasteiger partial charge in [0.05, 0.1) is 0 Å². The molecule has 0 heterocycles. The van der Waals surface area contributed by atoms with Crippen molar-refractivity contribution in [1.82, 2.24) is 0 Å². The summed E-state index contributed by atoms with van der Waals surface area (Å²) < 4.78 is 5.46. The van der Waals surface area contributed by atoms with Gasteiger partial charge in [0.15, 0.2) is 11.5 Å². The highest BCUT2D eigenvalue weighted by Crippen LogP contribution is 2.45. The molecular formula is C22H26O3. The monoisotopic (exact) mass is 338 g/mol. The highest BCUT2D eigenvalue weighted by Gasteiger charge is 2.28. The third-order valence-electron chi connectivity index (χ3n) is 4.46. The molecule has 25 heavy (non-hydrogen) atoms. The van der Waals surface area contributed by atoms with Gasteiger partial charge in [-0.3, -0.25) is 0 Å². The Morgan fingerprint density at radius 3 is 2.28 bits per heavy atom. The van der Waals surface area contributed by atoms with E-state index in [1.54, 1.807) is 0 Å². The van der Waals surface area contributed by atoms with Crippen LogP contribution < -0.4 is 4.74 Å². The first-order valence-corrected chi connectivity index (χ1v) is 8.40. The second-order valence-electron chi connectivity index (χ2n) is 7.32. The minimum atomic E-state index is -0.576. The zero-order valence-corrected chi connectivity index (χ0v) is 15.6. The van der Waals surface area contributed by atoms with Crippen molar-refractivity contribution >= 4 is 5.97 Å².